The van der Waals surface area contributed by atoms with Crippen molar-refractivity contribution in [2.45, 2.75) is 0 Å². The number of imidazole rings is 1. The normalized spacial score (nSPS) is 10.0. The number of nitrogens with one attached hydrogen (secondary N) is 1. The fraction of sp³-hybridized carbons (Fsp3) is 0. The van der Waals surface area contributed by atoms with Gasteiger partial charge in [-0.15, -0.1) is 12.4 Å². The molecule has 0 aliphatic rings. The van der Waals surface area contributed by atoms with Crippen LogP contribution in [0.25, 0.3) is 16.9 Å². The van der Waals surface area contributed by atoms with Gasteiger partial charge in [-0.25, -0.2) is 4.98 Å². The Balaban J connectivity index is 0.00000120. The number of nitrogen functional groups attached to an aromatic ring is 1. The van der Waals surface area contributed by atoms with Crippen molar-refractivity contribution in [1.29, 1.82) is 0 Å². The van der Waals surface area contributed by atoms with Crippen LogP contribution in [-0.4, -0.2) is 19.7 Å². The van der Waals surface area contributed by atoms with Gasteiger partial charge in [-0.2, -0.15) is 5.10 Å². The fourth-order valence-electron chi connectivity index (χ4n) is 1.73. The summed E-state index contributed by atoms with van der Waals surface area (Å²) in [6.07, 6.45) is 5.42. The van der Waals surface area contributed by atoms with E-state index in [0.717, 1.165) is 16.9 Å². The highest BCUT2D eigenvalue weighted by molar-refractivity contribution is 5.85. The molecule has 0 atom stereocenters. The molecule has 2 heterocycles. The highest BCUT2D eigenvalue weighted by atomic mass is 35.5. The number of aromatic nitrogens is 4. The number of rotatable bonds is 2. The minimum atomic E-state index is 0. The number of hydrogen-bond donors (Lipinski definition) is 2. The Kier molecular flexibility index (Phi) is 3.34. The van der Waals surface area contributed by atoms with Crippen LogP contribution in [-0.2, 0) is 0 Å². The van der Waals surface area contributed by atoms with Crippen molar-refractivity contribution in [2.75, 3.05) is 5.73 Å². The number of benzene rings is 1. The lowest BCUT2D eigenvalue weighted by atomic mass is 10.1. The van der Waals surface area contributed by atoms with E-state index >= 15 is 0 Å². The lowest BCUT2D eigenvalue weighted by molar-refractivity contribution is 1.05. The average Bonchev–Trinajstić information content (AvgIpc) is 3.00. The van der Waals surface area contributed by atoms with Gasteiger partial charge in [-0.1, -0.05) is 12.1 Å². The Bertz CT molecular complexity index is 629. The summed E-state index contributed by atoms with van der Waals surface area (Å²) in [4.78, 5) is 4.03. The number of halogens is 1. The second kappa shape index (κ2) is 4.93. The zero-order chi connectivity index (χ0) is 11.7. The van der Waals surface area contributed by atoms with Crippen molar-refractivity contribution in [3.8, 4) is 16.9 Å². The molecule has 18 heavy (non-hydrogen) atoms. The topological polar surface area (TPSA) is 72.5 Å². The summed E-state index contributed by atoms with van der Waals surface area (Å²) in [7, 11) is 0. The Morgan fingerprint density at radius 3 is 2.78 bits per heavy atom. The monoisotopic (exact) mass is 261 g/mol. The summed E-state index contributed by atoms with van der Waals surface area (Å²) in [5.41, 5.74) is 8.59. The van der Waals surface area contributed by atoms with E-state index in [-0.39, 0.29) is 12.4 Å². The molecule has 0 fully saturated rings. The molecule has 0 saturated carbocycles. The zero-order valence-corrected chi connectivity index (χ0v) is 10.3. The third-order valence-electron chi connectivity index (χ3n) is 2.56. The molecule has 3 rings (SSSR count). The molecule has 1 aromatic carbocycles. The number of H-pyrrole nitrogens is 1. The van der Waals surface area contributed by atoms with Gasteiger partial charge < -0.3 is 10.3 Å². The third-order valence-corrected chi connectivity index (χ3v) is 2.56. The van der Waals surface area contributed by atoms with Crippen molar-refractivity contribution in [3.05, 3.63) is 49.1 Å². The molecule has 0 amide bonds. The SMILES string of the molecule is Cl.Nc1cc(-c2cccc(-n3ccnc3)c2)[nH]n1. The molecule has 0 saturated heterocycles. The molecule has 3 aromatic rings. The summed E-state index contributed by atoms with van der Waals surface area (Å²) in [5.74, 6) is 0.494. The van der Waals surface area contributed by atoms with Gasteiger partial charge in [0, 0.05) is 29.7 Å². The quantitative estimate of drug-likeness (QED) is 0.743. The van der Waals surface area contributed by atoms with Gasteiger partial charge in [0.05, 0.1) is 12.0 Å². The zero-order valence-electron chi connectivity index (χ0n) is 9.45. The Morgan fingerprint density at radius 1 is 1.22 bits per heavy atom. The number of aromatic amines is 1. The molecule has 0 aliphatic heterocycles. The van der Waals surface area contributed by atoms with Crippen LogP contribution in [0, 0.1) is 0 Å². The molecule has 0 bridgehead atoms. The van der Waals surface area contributed by atoms with Gasteiger partial charge >= 0.3 is 0 Å². The van der Waals surface area contributed by atoms with Crippen LogP contribution in [0.4, 0.5) is 5.82 Å². The van der Waals surface area contributed by atoms with Crippen LogP contribution in [0.15, 0.2) is 49.1 Å². The molecular weight excluding hydrogens is 250 g/mol. The second-order valence-electron chi connectivity index (χ2n) is 3.73. The minimum absolute atomic E-state index is 0. The number of nitrogens with two attached hydrogens (primary N) is 1. The van der Waals surface area contributed by atoms with Crippen molar-refractivity contribution >= 4 is 18.2 Å². The van der Waals surface area contributed by atoms with E-state index in [9.17, 15) is 0 Å². The lowest BCUT2D eigenvalue weighted by Gasteiger charge is -2.04. The van der Waals surface area contributed by atoms with E-state index in [2.05, 4.69) is 21.2 Å². The molecular formula is C12H12ClN5. The van der Waals surface area contributed by atoms with Crippen LogP contribution in [0.2, 0.25) is 0 Å². The molecule has 2 aromatic heterocycles. The summed E-state index contributed by atoms with van der Waals surface area (Å²) in [5, 5.41) is 6.81. The lowest BCUT2D eigenvalue weighted by Crippen LogP contribution is -1.90. The smallest absolute Gasteiger partial charge is 0.145 e. The van der Waals surface area contributed by atoms with E-state index in [1.54, 1.807) is 12.5 Å². The standard InChI is InChI=1S/C12H11N5.ClH/c13-12-7-11(15-16-12)9-2-1-3-10(6-9)17-5-4-14-8-17;/h1-8H,(H3,13,15,16);1H. The van der Waals surface area contributed by atoms with E-state index in [1.807, 2.05) is 35.0 Å². The largest absolute Gasteiger partial charge is 0.382 e. The Morgan fingerprint density at radius 2 is 2.11 bits per heavy atom. The summed E-state index contributed by atoms with van der Waals surface area (Å²) in [6, 6.07) is 9.88. The Hall–Kier alpha value is -2.27. The molecule has 3 N–H and O–H groups in total. The van der Waals surface area contributed by atoms with E-state index in [0.29, 0.717) is 5.82 Å². The second-order valence-corrected chi connectivity index (χ2v) is 3.73. The molecule has 92 valence electrons. The van der Waals surface area contributed by atoms with Crippen LogP contribution in [0.5, 0.6) is 0 Å². The van der Waals surface area contributed by atoms with Crippen molar-refractivity contribution in [3.63, 3.8) is 0 Å². The molecule has 6 heteroatoms. The summed E-state index contributed by atoms with van der Waals surface area (Å²) in [6.45, 7) is 0. The number of hydrogen-bond acceptors (Lipinski definition) is 3. The van der Waals surface area contributed by atoms with Gasteiger partial charge in [0.2, 0.25) is 0 Å². The first-order valence-electron chi connectivity index (χ1n) is 5.22. The van der Waals surface area contributed by atoms with E-state index < -0.39 is 0 Å². The fourth-order valence-corrected chi connectivity index (χ4v) is 1.73. The van der Waals surface area contributed by atoms with E-state index in [1.165, 1.54) is 0 Å². The maximum atomic E-state index is 5.59. The van der Waals surface area contributed by atoms with Gasteiger partial charge in [-0.3, -0.25) is 5.10 Å². The van der Waals surface area contributed by atoms with Crippen LogP contribution in [0.3, 0.4) is 0 Å². The van der Waals surface area contributed by atoms with Crippen molar-refractivity contribution < 1.29 is 0 Å². The summed E-state index contributed by atoms with van der Waals surface area (Å²) >= 11 is 0. The van der Waals surface area contributed by atoms with Crippen LogP contribution in [0.1, 0.15) is 0 Å². The van der Waals surface area contributed by atoms with E-state index in [4.69, 9.17) is 5.73 Å². The maximum Gasteiger partial charge on any atom is 0.145 e. The van der Waals surface area contributed by atoms with Crippen LogP contribution >= 0.6 is 12.4 Å². The first-order valence-corrected chi connectivity index (χ1v) is 5.22. The third kappa shape index (κ3) is 2.21. The van der Waals surface area contributed by atoms with Crippen molar-refractivity contribution in [2.24, 2.45) is 0 Å². The Labute approximate surface area is 110 Å². The molecule has 0 unspecified atom stereocenters. The van der Waals surface area contributed by atoms with Crippen molar-refractivity contribution in [1.82, 2.24) is 19.7 Å². The number of anilines is 1. The maximum absolute atomic E-state index is 5.59. The first kappa shape index (κ1) is 12.2. The highest BCUT2D eigenvalue weighted by Crippen LogP contribution is 2.21. The average molecular weight is 262 g/mol. The predicted molar refractivity (Wildman–Crippen MR) is 72.8 cm³/mol. The van der Waals surface area contributed by atoms with Gasteiger partial charge in [0.25, 0.3) is 0 Å². The minimum Gasteiger partial charge on any atom is -0.382 e. The molecule has 0 aliphatic carbocycles. The van der Waals surface area contributed by atoms with Crippen LogP contribution < -0.4 is 5.73 Å². The van der Waals surface area contributed by atoms with Gasteiger partial charge in [-0.05, 0) is 12.1 Å². The van der Waals surface area contributed by atoms with Gasteiger partial charge in [0.1, 0.15) is 5.82 Å². The molecule has 5 nitrogen and oxygen atoms in total. The number of nitrogens with zero attached hydrogens (tertiary/aromatic N) is 3. The summed E-state index contributed by atoms with van der Waals surface area (Å²) < 4.78 is 1.95. The van der Waals surface area contributed by atoms with Gasteiger partial charge in [0.15, 0.2) is 0 Å². The first-order chi connectivity index (χ1) is 8.33. The highest BCUT2D eigenvalue weighted by Gasteiger charge is 2.03. The molecule has 0 spiro atoms. The molecule has 0 radical (unpaired) electrons. The predicted octanol–water partition coefficient (Wildman–Crippen LogP) is 2.27.